The molecule has 0 atom stereocenters. The molecule has 0 aliphatic rings. The largest absolute Gasteiger partial charge is 0.323 e. The lowest BCUT2D eigenvalue weighted by Crippen LogP contribution is -2.22. The van der Waals surface area contributed by atoms with Gasteiger partial charge in [0.05, 0.1) is 5.69 Å². The van der Waals surface area contributed by atoms with E-state index in [1.54, 1.807) is 4.57 Å². The Morgan fingerprint density at radius 2 is 1.22 bits per heavy atom. The molecule has 0 N–H and O–H groups in total. The Morgan fingerprint density at radius 3 is 1.78 bits per heavy atom. The summed E-state index contributed by atoms with van der Waals surface area (Å²) in [5, 5.41) is 8.97. The van der Waals surface area contributed by atoms with Crippen molar-refractivity contribution in [2.45, 2.75) is 0 Å². The lowest BCUT2D eigenvalue weighted by Gasteiger charge is -2.05. The van der Waals surface area contributed by atoms with Crippen LogP contribution in [0.15, 0.2) is 106 Å². The van der Waals surface area contributed by atoms with Crippen LogP contribution < -0.4 is 9.67 Å². The first kappa shape index (κ1) is 17.3. The molecule has 0 saturated carbocycles. The lowest BCUT2D eigenvalue weighted by molar-refractivity contribution is 0.941. The van der Waals surface area contributed by atoms with Crippen molar-refractivity contribution in [2.24, 2.45) is 10.2 Å². The van der Waals surface area contributed by atoms with E-state index in [-0.39, 0.29) is 4.87 Å². The summed E-state index contributed by atoms with van der Waals surface area (Å²) in [7, 11) is 2.48. The zero-order valence-electron chi connectivity index (χ0n) is 14.2. The minimum absolute atomic E-state index is 0.0684. The highest BCUT2D eigenvalue weighted by Crippen LogP contribution is 2.11. The highest BCUT2D eigenvalue weighted by Gasteiger charge is 2.08. The van der Waals surface area contributed by atoms with E-state index in [1.807, 2.05) is 91.0 Å². The van der Waals surface area contributed by atoms with Gasteiger partial charge in [-0.1, -0.05) is 78.9 Å². The zero-order valence-corrected chi connectivity index (χ0v) is 15.9. The second kappa shape index (κ2) is 8.07. The third-order valence-electron chi connectivity index (χ3n) is 3.91. The Labute approximate surface area is 163 Å². The van der Waals surface area contributed by atoms with Gasteiger partial charge in [-0.05, 0) is 32.8 Å². The molecule has 6 heteroatoms. The van der Waals surface area contributed by atoms with Gasteiger partial charge >= 0.3 is 4.87 Å². The maximum Gasteiger partial charge on any atom is 0.323 e. The van der Waals surface area contributed by atoms with E-state index in [9.17, 15) is 4.79 Å². The summed E-state index contributed by atoms with van der Waals surface area (Å²) in [5.74, 6) is 0. The number of rotatable bonds is 4. The van der Waals surface area contributed by atoms with Crippen LogP contribution in [0.25, 0.3) is 5.69 Å². The summed E-state index contributed by atoms with van der Waals surface area (Å²) in [6, 6.07) is 29.3. The molecule has 3 aromatic carbocycles. The predicted molar refractivity (Wildman–Crippen MR) is 112 cm³/mol. The van der Waals surface area contributed by atoms with Crippen LogP contribution in [0.2, 0.25) is 0 Å². The van der Waals surface area contributed by atoms with Crippen LogP contribution in [0, 0.1) is 0 Å². The van der Waals surface area contributed by atoms with E-state index in [0.29, 0.717) is 4.80 Å². The summed E-state index contributed by atoms with van der Waals surface area (Å²) in [6.45, 7) is 0. The molecule has 0 saturated heterocycles. The minimum atomic E-state index is -0.0684. The minimum Gasteiger partial charge on any atom is -0.255 e. The van der Waals surface area contributed by atoms with E-state index in [4.69, 9.17) is 0 Å². The van der Waals surface area contributed by atoms with Crippen LogP contribution in [0.4, 0.5) is 0 Å². The number of benzene rings is 3. The first-order valence-electron chi connectivity index (χ1n) is 8.33. The fraction of sp³-hybridized carbons (Fsp3) is 0. The topological polar surface area (TPSA) is 46.7 Å². The van der Waals surface area contributed by atoms with Gasteiger partial charge in [-0.2, -0.15) is 0 Å². The van der Waals surface area contributed by atoms with Crippen LogP contribution in [0.3, 0.4) is 0 Å². The highest BCUT2D eigenvalue weighted by molar-refractivity contribution is 7.67. The van der Waals surface area contributed by atoms with Gasteiger partial charge in [0.1, 0.15) is 5.71 Å². The summed E-state index contributed by atoms with van der Waals surface area (Å²) < 4.78 is 1.59. The molecule has 4 rings (SSSR count). The molecule has 0 fully saturated rings. The third kappa shape index (κ3) is 3.86. The van der Waals surface area contributed by atoms with E-state index < -0.39 is 0 Å². The van der Waals surface area contributed by atoms with Crippen LogP contribution in [-0.2, 0) is 0 Å². The highest BCUT2D eigenvalue weighted by atomic mass is 32.9. The Balaban J connectivity index is 1.88. The molecule has 1 heterocycles. The summed E-state index contributed by atoms with van der Waals surface area (Å²) in [5.41, 5.74) is 3.50. The van der Waals surface area contributed by atoms with Gasteiger partial charge in [-0.25, -0.2) is 4.57 Å². The van der Waals surface area contributed by atoms with Crippen molar-refractivity contribution in [3.63, 3.8) is 0 Å². The quantitative estimate of drug-likeness (QED) is 0.291. The smallest absolute Gasteiger partial charge is 0.255 e. The van der Waals surface area contributed by atoms with Crippen molar-refractivity contribution < 1.29 is 0 Å². The van der Waals surface area contributed by atoms with Crippen LogP contribution in [0.5, 0.6) is 0 Å². The zero-order chi connectivity index (χ0) is 18.5. The van der Waals surface area contributed by atoms with Crippen LogP contribution in [0.1, 0.15) is 11.1 Å². The van der Waals surface area contributed by atoms with E-state index >= 15 is 0 Å². The molecular formula is C21H15N3OS2. The van der Waals surface area contributed by atoms with E-state index in [0.717, 1.165) is 32.9 Å². The molecule has 132 valence electrons. The molecule has 0 radical (unpaired) electrons. The number of hydrogen-bond donors (Lipinski definition) is 0. The standard InChI is InChI=1S/C21H15N3OS2/c25-21-24(18-14-8-3-9-15-18)20(26-27-21)23-22-19(16-10-4-1-5-11-16)17-12-6-2-7-13-17/h1-15H/b23-20+. The maximum atomic E-state index is 12.3. The summed E-state index contributed by atoms with van der Waals surface area (Å²) in [4.78, 5) is 12.8. The molecule has 4 aromatic rings. The van der Waals surface area contributed by atoms with Gasteiger partial charge in [0.25, 0.3) is 0 Å². The van der Waals surface area contributed by atoms with Gasteiger partial charge in [0.2, 0.25) is 4.80 Å². The number of para-hydroxylation sites is 1. The Morgan fingerprint density at radius 1 is 0.704 bits per heavy atom. The first-order valence-corrected chi connectivity index (χ1v) is 10.5. The van der Waals surface area contributed by atoms with Crippen molar-refractivity contribution in [1.29, 1.82) is 0 Å². The predicted octanol–water partition coefficient (Wildman–Crippen LogP) is 4.31. The molecule has 0 aliphatic carbocycles. The third-order valence-corrected chi connectivity index (χ3v) is 5.85. The monoisotopic (exact) mass is 389 g/mol. The van der Waals surface area contributed by atoms with Crippen molar-refractivity contribution in [3.8, 4) is 5.69 Å². The van der Waals surface area contributed by atoms with Gasteiger partial charge in [-0.3, -0.25) is 4.79 Å². The van der Waals surface area contributed by atoms with Crippen molar-refractivity contribution in [2.75, 3.05) is 0 Å². The lowest BCUT2D eigenvalue weighted by atomic mass is 10.0. The second-order valence-electron chi connectivity index (χ2n) is 5.67. The molecule has 4 nitrogen and oxygen atoms in total. The molecule has 0 bridgehead atoms. The normalized spacial score (nSPS) is 11.3. The fourth-order valence-corrected chi connectivity index (χ4v) is 4.44. The Bertz CT molecular complexity index is 1130. The molecule has 0 aliphatic heterocycles. The number of hydrogen-bond acceptors (Lipinski definition) is 5. The molecule has 0 amide bonds. The molecule has 0 spiro atoms. The average molecular weight is 390 g/mol. The fourth-order valence-electron chi connectivity index (χ4n) is 2.65. The second-order valence-corrected chi connectivity index (χ2v) is 7.71. The Kier molecular flexibility index (Phi) is 5.18. The molecular weight excluding hydrogens is 374 g/mol. The summed E-state index contributed by atoms with van der Waals surface area (Å²) >= 11 is 0. The van der Waals surface area contributed by atoms with Gasteiger partial charge < -0.3 is 0 Å². The SMILES string of the molecule is O=c1ss/c(=N/N=C(c2ccccc2)c2ccccc2)n1-c1ccccc1. The molecule has 0 unspecified atom stereocenters. The molecule has 1 aromatic heterocycles. The van der Waals surface area contributed by atoms with Gasteiger partial charge in [0.15, 0.2) is 0 Å². The average Bonchev–Trinajstić information content (AvgIpc) is 3.11. The van der Waals surface area contributed by atoms with E-state index in [2.05, 4.69) is 10.2 Å². The van der Waals surface area contributed by atoms with Gasteiger partial charge in [0, 0.05) is 11.1 Å². The first-order chi connectivity index (χ1) is 13.3. The number of aromatic nitrogens is 1. The maximum absolute atomic E-state index is 12.3. The van der Waals surface area contributed by atoms with Crippen LogP contribution in [-0.4, -0.2) is 10.3 Å². The van der Waals surface area contributed by atoms with Crippen LogP contribution >= 0.6 is 20.7 Å². The number of nitrogens with zero attached hydrogens (tertiary/aromatic N) is 3. The summed E-state index contributed by atoms with van der Waals surface area (Å²) in [6.07, 6.45) is 0. The van der Waals surface area contributed by atoms with Crippen molar-refractivity contribution >= 4 is 26.4 Å². The van der Waals surface area contributed by atoms with Crippen molar-refractivity contribution in [3.05, 3.63) is 117 Å². The van der Waals surface area contributed by atoms with Crippen molar-refractivity contribution in [1.82, 2.24) is 4.57 Å². The molecule has 27 heavy (non-hydrogen) atoms. The Hall–Kier alpha value is -3.09. The van der Waals surface area contributed by atoms with Gasteiger partial charge in [-0.15, -0.1) is 10.2 Å². The van der Waals surface area contributed by atoms with E-state index in [1.165, 1.54) is 10.3 Å².